The fraction of sp³-hybridized carbons (Fsp3) is 0.312. The first-order valence-corrected chi connectivity index (χ1v) is 7.55. The SMILES string of the molecule is CCNC(=NCc1ccco1)NCC(O)c1ccc(Cl)cc1.I. The minimum absolute atomic E-state index is 0. The van der Waals surface area contributed by atoms with Crippen molar-refractivity contribution >= 4 is 41.5 Å². The van der Waals surface area contributed by atoms with Crippen molar-refractivity contribution in [3.05, 3.63) is 59.0 Å². The minimum Gasteiger partial charge on any atom is -0.467 e. The molecule has 0 aliphatic heterocycles. The van der Waals surface area contributed by atoms with Crippen LogP contribution in [0.25, 0.3) is 0 Å². The molecule has 0 fully saturated rings. The second-order valence-electron chi connectivity index (χ2n) is 4.72. The fourth-order valence-corrected chi connectivity index (χ4v) is 2.02. The summed E-state index contributed by atoms with van der Waals surface area (Å²) < 4.78 is 5.24. The largest absolute Gasteiger partial charge is 0.467 e. The lowest BCUT2D eigenvalue weighted by atomic mass is 10.1. The lowest BCUT2D eigenvalue weighted by molar-refractivity contribution is 0.181. The van der Waals surface area contributed by atoms with Crippen LogP contribution in [0.3, 0.4) is 0 Å². The zero-order valence-electron chi connectivity index (χ0n) is 12.8. The van der Waals surface area contributed by atoms with Crippen LogP contribution in [0.2, 0.25) is 5.02 Å². The summed E-state index contributed by atoms with van der Waals surface area (Å²) >= 11 is 5.84. The van der Waals surface area contributed by atoms with Gasteiger partial charge in [-0.15, -0.1) is 24.0 Å². The van der Waals surface area contributed by atoms with Crippen LogP contribution in [0.1, 0.15) is 24.4 Å². The van der Waals surface area contributed by atoms with Crippen molar-refractivity contribution in [1.29, 1.82) is 0 Å². The van der Waals surface area contributed by atoms with Crippen molar-refractivity contribution < 1.29 is 9.52 Å². The van der Waals surface area contributed by atoms with Gasteiger partial charge in [-0.3, -0.25) is 0 Å². The zero-order chi connectivity index (χ0) is 15.8. The van der Waals surface area contributed by atoms with Crippen LogP contribution in [-0.4, -0.2) is 24.2 Å². The number of rotatable bonds is 6. The molecule has 1 unspecified atom stereocenters. The molecule has 0 amide bonds. The molecule has 0 radical (unpaired) electrons. The number of aliphatic hydroxyl groups is 1. The molecule has 0 saturated carbocycles. The average Bonchev–Trinajstić information content (AvgIpc) is 3.04. The van der Waals surface area contributed by atoms with E-state index < -0.39 is 6.10 Å². The summed E-state index contributed by atoms with van der Waals surface area (Å²) in [7, 11) is 0. The summed E-state index contributed by atoms with van der Waals surface area (Å²) in [6.07, 6.45) is 0.986. The van der Waals surface area contributed by atoms with Gasteiger partial charge in [-0.2, -0.15) is 0 Å². The Balaban J connectivity index is 0.00000264. The Kier molecular flexibility index (Phi) is 9.05. The Bertz CT molecular complexity index is 588. The van der Waals surface area contributed by atoms with E-state index in [0.717, 1.165) is 17.9 Å². The molecule has 7 heteroatoms. The van der Waals surface area contributed by atoms with Crippen molar-refractivity contribution in [3.63, 3.8) is 0 Å². The van der Waals surface area contributed by atoms with Gasteiger partial charge in [0.15, 0.2) is 5.96 Å². The number of hydrogen-bond acceptors (Lipinski definition) is 3. The summed E-state index contributed by atoms with van der Waals surface area (Å²) in [4.78, 5) is 4.40. The first-order chi connectivity index (χ1) is 10.7. The number of aliphatic imine (C=N–C) groups is 1. The molecule has 1 aromatic carbocycles. The topological polar surface area (TPSA) is 69.8 Å². The number of furan rings is 1. The molecule has 0 saturated heterocycles. The van der Waals surface area contributed by atoms with E-state index in [9.17, 15) is 5.11 Å². The number of hydrogen-bond donors (Lipinski definition) is 3. The van der Waals surface area contributed by atoms with Crippen LogP contribution in [0.4, 0.5) is 0 Å². The third-order valence-electron chi connectivity index (χ3n) is 3.03. The molecular weight excluding hydrogens is 429 g/mol. The van der Waals surface area contributed by atoms with E-state index >= 15 is 0 Å². The van der Waals surface area contributed by atoms with Gasteiger partial charge in [-0.1, -0.05) is 23.7 Å². The third kappa shape index (κ3) is 6.80. The van der Waals surface area contributed by atoms with Gasteiger partial charge in [0.25, 0.3) is 0 Å². The van der Waals surface area contributed by atoms with Gasteiger partial charge in [0, 0.05) is 18.1 Å². The standard InChI is InChI=1S/C16H20ClN3O2.HI/c1-2-18-16(19-10-14-4-3-9-22-14)20-11-15(21)12-5-7-13(17)8-6-12;/h3-9,15,21H,2,10-11H2,1H3,(H2,18,19,20);1H. The predicted molar refractivity (Wildman–Crippen MR) is 103 cm³/mol. The zero-order valence-corrected chi connectivity index (χ0v) is 15.9. The number of nitrogens with zero attached hydrogens (tertiary/aromatic N) is 1. The maximum Gasteiger partial charge on any atom is 0.191 e. The summed E-state index contributed by atoms with van der Waals surface area (Å²) in [6.45, 7) is 3.52. The van der Waals surface area contributed by atoms with E-state index in [0.29, 0.717) is 24.1 Å². The lowest BCUT2D eigenvalue weighted by Gasteiger charge is -2.15. The van der Waals surface area contributed by atoms with E-state index in [2.05, 4.69) is 15.6 Å². The molecule has 1 aromatic heterocycles. The first-order valence-electron chi connectivity index (χ1n) is 7.17. The molecule has 1 heterocycles. The van der Waals surface area contributed by atoms with Crippen LogP contribution in [-0.2, 0) is 6.54 Å². The van der Waals surface area contributed by atoms with Gasteiger partial charge in [0.2, 0.25) is 0 Å². The highest BCUT2D eigenvalue weighted by Gasteiger charge is 2.08. The van der Waals surface area contributed by atoms with E-state index in [1.165, 1.54) is 0 Å². The van der Waals surface area contributed by atoms with Gasteiger partial charge >= 0.3 is 0 Å². The number of nitrogens with one attached hydrogen (secondary N) is 2. The smallest absolute Gasteiger partial charge is 0.191 e. The number of guanidine groups is 1. The van der Waals surface area contributed by atoms with Gasteiger partial charge in [-0.25, -0.2) is 4.99 Å². The summed E-state index contributed by atoms with van der Waals surface area (Å²) in [5, 5.41) is 17.1. The van der Waals surface area contributed by atoms with E-state index in [1.54, 1.807) is 18.4 Å². The number of benzene rings is 1. The van der Waals surface area contributed by atoms with Crippen molar-refractivity contribution in [2.75, 3.05) is 13.1 Å². The van der Waals surface area contributed by atoms with E-state index in [4.69, 9.17) is 16.0 Å². The normalized spacial score (nSPS) is 12.4. The van der Waals surface area contributed by atoms with Gasteiger partial charge < -0.3 is 20.2 Å². The molecule has 5 nitrogen and oxygen atoms in total. The predicted octanol–water partition coefficient (Wildman–Crippen LogP) is 3.34. The molecule has 1 atom stereocenters. The first kappa shape index (κ1) is 19.8. The number of halogens is 2. The maximum atomic E-state index is 10.2. The molecule has 2 aromatic rings. The Morgan fingerprint density at radius 2 is 2.00 bits per heavy atom. The highest BCUT2D eigenvalue weighted by Crippen LogP contribution is 2.15. The Morgan fingerprint density at radius 1 is 1.26 bits per heavy atom. The van der Waals surface area contributed by atoms with E-state index in [-0.39, 0.29) is 24.0 Å². The second-order valence-corrected chi connectivity index (χ2v) is 5.16. The van der Waals surface area contributed by atoms with Crippen molar-refractivity contribution in [2.45, 2.75) is 19.6 Å². The second kappa shape index (κ2) is 10.5. The van der Waals surface area contributed by atoms with Crippen molar-refractivity contribution in [3.8, 4) is 0 Å². The molecule has 0 bridgehead atoms. The quantitative estimate of drug-likeness (QED) is 0.359. The van der Waals surface area contributed by atoms with Crippen LogP contribution < -0.4 is 10.6 Å². The Morgan fingerprint density at radius 3 is 2.61 bits per heavy atom. The number of aliphatic hydroxyl groups excluding tert-OH is 1. The van der Waals surface area contributed by atoms with Gasteiger partial charge in [0.05, 0.1) is 12.4 Å². The third-order valence-corrected chi connectivity index (χ3v) is 3.29. The van der Waals surface area contributed by atoms with Crippen molar-refractivity contribution in [2.24, 2.45) is 4.99 Å². The molecule has 0 spiro atoms. The minimum atomic E-state index is -0.635. The average molecular weight is 450 g/mol. The highest BCUT2D eigenvalue weighted by atomic mass is 127. The van der Waals surface area contributed by atoms with E-state index in [1.807, 2.05) is 31.2 Å². The Labute approximate surface area is 158 Å². The van der Waals surface area contributed by atoms with Crippen LogP contribution in [0.5, 0.6) is 0 Å². The van der Waals surface area contributed by atoms with Gasteiger partial charge in [-0.05, 0) is 36.8 Å². The Hall–Kier alpha value is -1.25. The summed E-state index contributed by atoms with van der Waals surface area (Å²) in [5.41, 5.74) is 0.804. The molecule has 126 valence electrons. The molecule has 0 aliphatic carbocycles. The molecule has 3 N–H and O–H groups in total. The highest BCUT2D eigenvalue weighted by molar-refractivity contribution is 14.0. The van der Waals surface area contributed by atoms with Crippen LogP contribution in [0.15, 0.2) is 52.1 Å². The molecule has 23 heavy (non-hydrogen) atoms. The van der Waals surface area contributed by atoms with Crippen molar-refractivity contribution in [1.82, 2.24) is 10.6 Å². The van der Waals surface area contributed by atoms with Gasteiger partial charge in [0.1, 0.15) is 12.3 Å². The maximum absolute atomic E-state index is 10.2. The summed E-state index contributed by atoms with van der Waals surface area (Å²) in [5.74, 6) is 1.42. The molecular formula is C16H21ClIN3O2. The monoisotopic (exact) mass is 449 g/mol. The lowest BCUT2D eigenvalue weighted by Crippen LogP contribution is -2.39. The van der Waals surface area contributed by atoms with Crippen LogP contribution >= 0.6 is 35.6 Å². The molecule has 2 rings (SSSR count). The summed E-state index contributed by atoms with van der Waals surface area (Å²) in [6, 6.07) is 10.8. The fourth-order valence-electron chi connectivity index (χ4n) is 1.90. The van der Waals surface area contributed by atoms with Crippen LogP contribution in [0, 0.1) is 0 Å². The molecule has 0 aliphatic rings.